The Morgan fingerprint density at radius 3 is 2.50 bits per heavy atom. The number of aromatic nitrogens is 3. The van der Waals surface area contributed by atoms with Crippen LogP contribution in [0.15, 0.2) is 42.6 Å². The minimum atomic E-state index is 0.0410. The standard InChI is InChI=1S/C27H28N4O/c32-27(29-19-6-2-1-3-7-19)18-12-10-17(11-13-18)26-21-9-5-4-8-20(21)25-22-16-28-31-23(22)14-15-24(25)30-26/h10-16,19H,1-9H2,(H,28,31)(H,29,32). The Labute approximate surface area is 187 Å². The molecule has 4 aromatic rings. The average molecular weight is 425 g/mol. The minimum absolute atomic E-state index is 0.0410. The van der Waals surface area contributed by atoms with E-state index in [2.05, 4.69) is 39.8 Å². The minimum Gasteiger partial charge on any atom is -0.349 e. The van der Waals surface area contributed by atoms with Gasteiger partial charge < -0.3 is 5.32 Å². The molecule has 0 bridgehead atoms. The summed E-state index contributed by atoms with van der Waals surface area (Å²) >= 11 is 0. The Morgan fingerprint density at radius 2 is 1.69 bits per heavy atom. The van der Waals surface area contributed by atoms with Crippen LogP contribution < -0.4 is 5.32 Å². The van der Waals surface area contributed by atoms with Crippen LogP contribution in [0.2, 0.25) is 0 Å². The van der Waals surface area contributed by atoms with Gasteiger partial charge in [-0.1, -0.05) is 31.4 Å². The van der Waals surface area contributed by atoms with E-state index in [4.69, 9.17) is 4.98 Å². The van der Waals surface area contributed by atoms with Crippen molar-refractivity contribution >= 4 is 27.7 Å². The molecule has 0 aliphatic heterocycles. The zero-order chi connectivity index (χ0) is 21.5. The molecule has 0 radical (unpaired) electrons. The molecule has 1 fully saturated rings. The molecule has 0 atom stereocenters. The van der Waals surface area contributed by atoms with Gasteiger partial charge in [-0.2, -0.15) is 5.10 Å². The molecule has 1 amide bonds. The number of carbonyl (C=O) groups excluding carboxylic acids is 1. The van der Waals surface area contributed by atoms with Gasteiger partial charge in [-0.05, 0) is 73.9 Å². The Morgan fingerprint density at radius 1 is 0.906 bits per heavy atom. The molecule has 2 aliphatic rings. The first-order chi connectivity index (χ1) is 15.8. The van der Waals surface area contributed by atoms with E-state index in [0.717, 1.165) is 58.9 Å². The molecule has 5 nitrogen and oxygen atoms in total. The van der Waals surface area contributed by atoms with Crippen LogP contribution in [-0.2, 0) is 12.8 Å². The van der Waals surface area contributed by atoms with Gasteiger partial charge in [-0.25, -0.2) is 4.98 Å². The second kappa shape index (κ2) is 8.05. The lowest BCUT2D eigenvalue weighted by atomic mass is 9.85. The fraction of sp³-hybridized carbons (Fsp3) is 0.370. The van der Waals surface area contributed by atoms with Crippen molar-refractivity contribution in [2.45, 2.75) is 63.8 Å². The first-order valence-corrected chi connectivity index (χ1v) is 12.0. The number of hydrogen-bond donors (Lipinski definition) is 2. The Balaban J connectivity index is 1.37. The number of benzene rings is 2. The molecule has 2 heterocycles. The molecule has 2 aromatic carbocycles. The monoisotopic (exact) mass is 424 g/mol. The lowest BCUT2D eigenvalue weighted by Gasteiger charge is -2.23. The predicted octanol–water partition coefficient (Wildman–Crippen LogP) is 5.72. The molecule has 0 saturated heterocycles. The van der Waals surface area contributed by atoms with Gasteiger partial charge >= 0.3 is 0 Å². The van der Waals surface area contributed by atoms with Gasteiger partial charge in [0.2, 0.25) is 0 Å². The van der Waals surface area contributed by atoms with Crippen LogP contribution in [0, 0.1) is 0 Å². The number of fused-ring (bicyclic) bond motifs is 5. The molecule has 6 rings (SSSR count). The van der Waals surface area contributed by atoms with Crippen LogP contribution in [0.3, 0.4) is 0 Å². The van der Waals surface area contributed by atoms with Crippen LogP contribution in [0.25, 0.3) is 33.1 Å². The van der Waals surface area contributed by atoms with Crippen LogP contribution in [0.5, 0.6) is 0 Å². The summed E-state index contributed by atoms with van der Waals surface area (Å²) in [6, 6.07) is 12.5. The molecule has 0 unspecified atom stereocenters. The number of rotatable bonds is 3. The Bertz CT molecular complexity index is 1300. The van der Waals surface area contributed by atoms with Gasteiger partial charge in [0, 0.05) is 27.9 Å². The van der Waals surface area contributed by atoms with E-state index in [1.807, 2.05) is 18.3 Å². The molecule has 0 spiro atoms. The second-order valence-corrected chi connectivity index (χ2v) is 9.30. The highest BCUT2D eigenvalue weighted by molar-refractivity contribution is 6.07. The van der Waals surface area contributed by atoms with Crippen LogP contribution in [0.4, 0.5) is 0 Å². The van der Waals surface area contributed by atoms with E-state index in [-0.39, 0.29) is 5.91 Å². The third kappa shape index (κ3) is 3.36. The maximum absolute atomic E-state index is 12.7. The summed E-state index contributed by atoms with van der Waals surface area (Å²) in [6.07, 6.45) is 12.4. The number of aryl methyl sites for hydroxylation is 1. The number of pyridine rings is 1. The van der Waals surface area contributed by atoms with Crippen molar-refractivity contribution in [1.82, 2.24) is 20.5 Å². The number of nitrogens with one attached hydrogen (secondary N) is 2. The maximum Gasteiger partial charge on any atom is 0.251 e. The van der Waals surface area contributed by atoms with E-state index in [1.54, 1.807) is 0 Å². The number of hydrogen-bond acceptors (Lipinski definition) is 3. The largest absolute Gasteiger partial charge is 0.349 e. The van der Waals surface area contributed by atoms with Gasteiger partial charge in [0.25, 0.3) is 5.91 Å². The van der Waals surface area contributed by atoms with Gasteiger partial charge in [0.15, 0.2) is 0 Å². The topological polar surface area (TPSA) is 70.7 Å². The lowest BCUT2D eigenvalue weighted by molar-refractivity contribution is 0.0927. The second-order valence-electron chi connectivity index (χ2n) is 9.30. The average Bonchev–Trinajstić information content (AvgIpc) is 3.33. The van der Waals surface area contributed by atoms with Crippen molar-refractivity contribution in [3.63, 3.8) is 0 Å². The first-order valence-electron chi connectivity index (χ1n) is 12.0. The van der Waals surface area contributed by atoms with Gasteiger partial charge in [0.1, 0.15) is 0 Å². The number of carbonyl (C=O) groups is 1. The van der Waals surface area contributed by atoms with Crippen molar-refractivity contribution in [3.8, 4) is 11.3 Å². The predicted molar refractivity (Wildman–Crippen MR) is 128 cm³/mol. The van der Waals surface area contributed by atoms with Gasteiger partial charge in [-0.3, -0.25) is 9.89 Å². The molecule has 162 valence electrons. The highest BCUT2D eigenvalue weighted by Crippen LogP contribution is 2.37. The van der Waals surface area contributed by atoms with Crippen LogP contribution in [-0.4, -0.2) is 27.1 Å². The van der Waals surface area contributed by atoms with Crippen molar-refractivity contribution in [1.29, 1.82) is 0 Å². The number of nitrogens with zero attached hydrogens (tertiary/aromatic N) is 2. The van der Waals surface area contributed by atoms with Crippen LogP contribution >= 0.6 is 0 Å². The highest BCUT2D eigenvalue weighted by atomic mass is 16.1. The molecular weight excluding hydrogens is 396 g/mol. The van der Waals surface area contributed by atoms with Crippen molar-refractivity contribution in [2.24, 2.45) is 0 Å². The Hall–Kier alpha value is -3.21. The summed E-state index contributed by atoms with van der Waals surface area (Å²) in [7, 11) is 0. The van der Waals surface area contributed by atoms with Gasteiger partial charge in [-0.15, -0.1) is 0 Å². The molecule has 32 heavy (non-hydrogen) atoms. The fourth-order valence-corrected chi connectivity index (χ4v) is 5.58. The third-order valence-corrected chi connectivity index (χ3v) is 7.25. The Kier molecular flexibility index (Phi) is 4.90. The van der Waals surface area contributed by atoms with Crippen molar-refractivity contribution < 1.29 is 4.79 Å². The maximum atomic E-state index is 12.7. The van der Waals surface area contributed by atoms with E-state index >= 15 is 0 Å². The fourth-order valence-electron chi connectivity index (χ4n) is 5.58. The molecule has 2 aromatic heterocycles. The first kappa shape index (κ1) is 19.5. The van der Waals surface area contributed by atoms with Gasteiger partial charge in [0.05, 0.1) is 22.9 Å². The van der Waals surface area contributed by atoms with Crippen molar-refractivity contribution in [3.05, 3.63) is 59.3 Å². The summed E-state index contributed by atoms with van der Waals surface area (Å²) in [5, 5.41) is 13.0. The third-order valence-electron chi connectivity index (χ3n) is 7.25. The smallest absolute Gasteiger partial charge is 0.251 e. The summed E-state index contributed by atoms with van der Waals surface area (Å²) < 4.78 is 0. The zero-order valence-electron chi connectivity index (χ0n) is 18.3. The summed E-state index contributed by atoms with van der Waals surface area (Å²) in [5.74, 6) is 0.0410. The zero-order valence-corrected chi connectivity index (χ0v) is 18.3. The molecule has 1 saturated carbocycles. The molecular formula is C27H28N4O. The van der Waals surface area contributed by atoms with E-state index in [1.165, 1.54) is 48.6 Å². The molecule has 2 N–H and O–H groups in total. The van der Waals surface area contributed by atoms with E-state index in [9.17, 15) is 4.79 Å². The lowest BCUT2D eigenvalue weighted by Crippen LogP contribution is -2.36. The molecule has 2 aliphatic carbocycles. The van der Waals surface area contributed by atoms with E-state index < -0.39 is 0 Å². The SMILES string of the molecule is O=C(NC1CCCCC1)c1ccc(-c2nc3ccc4[nH]ncc4c3c3c2CCCC3)cc1. The quantitative estimate of drug-likeness (QED) is 0.442. The summed E-state index contributed by atoms with van der Waals surface area (Å²) in [5.41, 5.74) is 7.75. The number of aromatic amines is 1. The highest BCUT2D eigenvalue weighted by Gasteiger charge is 2.22. The molecule has 5 heteroatoms. The normalized spacial score (nSPS) is 16.9. The number of H-pyrrole nitrogens is 1. The van der Waals surface area contributed by atoms with Crippen LogP contribution in [0.1, 0.15) is 66.4 Å². The number of amides is 1. The van der Waals surface area contributed by atoms with Crippen molar-refractivity contribution in [2.75, 3.05) is 0 Å². The van der Waals surface area contributed by atoms with E-state index in [0.29, 0.717) is 6.04 Å². The summed E-state index contributed by atoms with van der Waals surface area (Å²) in [6.45, 7) is 0. The summed E-state index contributed by atoms with van der Waals surface area (Å²) in [4.78, 5) is 17.8.